The van der Waals surface area contributed by atoms with Crippen molar-refractivity contribution in [2.45, 2.75) is 74.8 Å². The Balaban J connectivity index is 1.42. The van der Waals surface area contributed by atoms with Crippen LogP contribution >= 0.6 is 0 Å². The molecule has 0 bridgehead atoms. The van der Waals surface area contributed by atoms with Crippen LogP contribution in [0.4, 0.5) is 0 Å². The molecule has 2 aliphatic rings. The van der Waals surface area contributed by atoms with Gasteiger partial charge in [0, 0.05) is 23.8 Å². The number of ether oxygens (including phenoxy) is 5. The first-order valence-corrected chi connectivity index (χ1v) is 14.4. The Bertz CT molecular complexity index is 1720. The number of phenolic OH excluding ortho intramolecular Hbond substituents is 3. The number of benzene rings is 2. The van der Waals surface area contributed by atoms with E-state index in [0.717, 1.165) is 18.2 Å². The third kappa shape index (κ3) is 7.00. The van der Waals surface area contributed by atoms with Crippen LogP contribution in [0.3, 0.4) is 0 Å². The molecule has 2 fully saturated rings. The number of aliphatic carboxylic acids is 1. The van der Waals surface area contributed by atoms with Crippen molar-refractivity contribution in [3.63, 3.8) is 0 Å². The van der Waals surface area contributed by atoms with Gasteiger partial charge in [-0.2, -0.15) is 0 Å². The highest BCUT2D eigenvalue weighted by molar-refractivity contribution is 5.90. The quantitative estimate of drug-likeness (QED) is 0.0716. The van der Waals surface area contributed by atoms with Gasteiger partial charge >= 0.3 is 11.9 Å². The predicted molar refractivity (Wildman–Crippen MR) is 155 cm³/mol. The molecule has 0 amide bonds. The summed E-state index contributed by atoms with van der Waals surface area (Å²) in [7, 11) is 0. The van der Waals surface area contributed by atoms with Gasteiger partial charge in [0.25, 0.3) is 0 Å². The fourth-order valence-corrected chi connectivity index (χ4v) is 5.31. The summed E-state index contributed by atoms with van der Waals surface area (Å²) in [5.74, 6) is -4.50. The summed E-state index contributed by atoms with van der Waals surface area (Å²) in [6, 6.07) is 6.89. The van der Waals surface area contributed by atoms with Crippen molar-refractivity contribution >= 4 is 22.9 Å². The van der Waals surface area contributed by atoms with E-state index in [9.17, 15) is 55.2 Å². The van der Waals surface area contributed by atoms with Crippen LogP contribution in [0, 0.1) is 0 Å². The summed E-state index contributed by atoms with van der Waals surface area (Å²) in [5.41, 5.74) is -0.692. The van der Waals surface area contributed by atoms with Crippen molar-refractivity contribution < 1.29 is 83.6 Å². The van der Waals surface area contributed by atoms with E-state index >= 15 is 0 Å². The second kappa shape index (κ2) is 13.9. The van der Waals surface area contributed by atoms with Crippen LogP contribution in [-0.4, -0.2) is 126 Å². The number of phenols is 3. The molecular weight excluding hydrogens is 648 g/mol. The molecule has 0 spiro atoms. The largest absolute Gasteiger partial charge is 0.507 e. The third-order valence-corrected chi connectivity index (χ3v) is 7.75. The Labute approximate surface area is 269 Å². The molecule has 3 aromatic rings. The number of hydrogen-bond acceptors (Lipinski definition) is 17. The van der Waals surface area contributed by atoms with E-state index in [1.54, 1.807) is 0 Å². The number of esters is 1. The first-order valence-electron chi connectivity index (χ1n) is 14.4. The Morgan fingerprint density at radius 1 is 0.833 bits per heavy atom. The zero-order valence-electron chi connectivity index (χ0n) is 24.9. The minimum absolute atomic E-state index is 0.0589. The molecule has 2 aliphatic heterocycles. The second-order valence-electron chi connectivity index (χ2n) is 11.1. The maximum atomic E-state index is 12.9. The highest BCUT2D eigenvalue weighted by Crippen LogP contribution is 2.36. The lowest BCUT2D eigenvalue weighted by Gasteiger charge is -2.46. The van der Waals surface area contributed by atoms with Crippen molar-refractivity contribution in [3.8, 4) is 34.3 Å². The summed E-state index contributed by atoms with van der Waals surface area (Å²) in [4.78, 5) is 35.5. The molecule has 10 atom stereocenters. The Morgan fingerprint density at radius 2 is 1.54 bits per heavy atom. The van der Waals surface area contributed by atoms with Gasteiger partial charge in [-0.15, -0.1) is 0 Å². The summed E-state index contributed by atoms with van der Waals surface area (Å²) in [6.45, 7) is 0.523. The minimum Gasteiger partial charge on any atom is -0.507 e. The van der Waals surface area contributed by atoms with Gasteiger partial charge in [-0.3, -0.25) is 14.4 Å². The summed E-state index contributed by atoms with van der Waals surface area (Å²) < 4.78 is 33.4. The van der Waals surface area contributed by atoms with Crippen LogP contribution in [0.5, 0.6) is 23.0 Å². The van der Waals surface area contributed by atoms with E-state index in [1.807, 2.05) is 0 Å². The Kier molecular flexibility index (Phi) is 10.1. The fraction of sp³-hybridized carbons (Fsp3) is 0.433. The molecule has 48 heavy (non-hydrogen) atoms. The van der Waals surface area contributed by atoms with Crippen molar-refractivity contribution in [2.75, 3.05) is 6.61 Å². The van der Waals surface area contributed by atoms with E-state index in [4.69, 9.17) is 33.2 Å². The molecule has 2 saturated heterocycles. The monoisotopic (exact) mass is 680 g/mol. The number of aliphatic hydroxyl groups is 5. The van der Waals surface area contributed by atoms with Gasteiger partial charge in [0.2, 0.25) is 6.29 Å². The van der Waals surface area contributed by atoms with Gasteiger partial charge in [-0.1, -0.05) is 0 Å². The number of carbonyl (C=O) groups excluding carboxylic acids is 1. The SMILES string of the molecule is CC1OC(OC2C(Oc3cc(O)c4c(=O)cc(-c5ccc(O)c(O)c5)oc4c3)OC(CO)C(O)C2O)C(O)C(O)C1OC(=O)CC(=O)O. The Hall–Kier alpha value is -4.53. The molecule has 2 aromatic carbocycles. The van der Waals surface area contributed by atoms with Crippen LogP contribution < -0.4 is 10.2 Å². The molecule has 9 N–H and O–H groups in total. The first kappa shape index (κ1) is 34.8. The van der Waals surface area contributed by atoms with Crippen LogP contribution in [0.2, 0.25) is 0 Å². The van der Waals surface area contributed by atoms with Crippen molar-refractivity contribution in [3.05, 3.63) is 46.6 Å². The van der Waals surface area contributed by atoms with Gasteiger partial charge in [-0.25, -0.2) is 0 Å². The molecule has 0 saturated carbocycles. The van der Waals surface area contributed by atoms with E-state index in [-0.39, 0.29) is 28.0 Å². The van der Waals surface area contributed by atoms with Gasteiger partial charge in [0.05, 0.1) is 12.7 Å². The fourth-order valence-electron chi connectivity index (χ4n) is 5.31. The predicted octanol–water partition coefficient (Wildman–Crippen LogP) is -1.37. The molecule has 18 nitrogen and oxygen atoms in total. The summed E-state index contributed by atoms with van der Waals surface area (Å²) in [6.07, 6.45) is -17.8. The molecule has 260 valence electrons. The summed E-state index contributed by atoms with van der Waals surface area (Å²) in [5, 5.41) is 91.3. The second-order valence-corrected chi connectivity index (χ2v) is 11.1. The van der Waals surface area contributed by atoms with E-state index in [0.29, 0.717) is 0 Å². The van der Waals surface area contributed by atoms with Crippen LogP contribution in [0.15, 0.2) is 45.6 Å². The zero-order valence-corrected chi connectivity index (χ0v) is 24.9. The number of rotatable bonds is 9. The number of aromatic hydroxyl groups is 3. The van der Waals surface area contributed by atoms with E-state index in [1.165, 1.54) is 25.1 Å². The maximum Gasteiger partial charge on any atom is 0.317 e. The average molecular weight is 681 g/mol. The highest BCUT2D eigenvalue weighted by Gasteiger charge is 2.52. The molecule has 0 aliphatic carbocycles. The van der Waals surface area contributed by atoms with Crippen molar-refractivity contribution in [1.29, 1.82) is 0 Å². The third-order valence-electron chi connectivity index (χ3n) is 7.75. The number of hydrogen-bond donors (Lipinski definition) is 9. The molecule has 18 heteroatoms. The van der Waals surface area contributed by atoms with Crippen LogP contribution in [0.1, 0.15) is 13.3 Å². The Morgan fingerprint density at radius 3 is 2.21 bits per heavy atom. The van der Waals surface area contributed by atoms with Gasteiger partial charge < -0.3 is 74.1 Å². The topological polar surface area (TPSA) is 293 Å². The van der Waals surface area contributed by atoms with E-state index in [2.05, 4.69) is 0 Å². The molecule has 1 aromatic heterocycles. The number of carboxylic acids is 1. The van der Waals surface area contributed by atoms with Crippen LogP contribution in [0.25, 0.3) is 22.3 Å². The molecule has 3 heterocycles. The number of carbonyl (C=O) groups is 2. The number of carboxylic acid groups (broad SMARTS) is 1. The first-order chi connectivity index (χ1) is 22.7. The zero-order chi connectivity index (χ0) is 35.0. The lowest BCUT2D eigenvalue weighted by Crippen LogP contribution is -2.65. The lowest BCUT2D eigenvalue weighted by molar-refractivity contribution is -0.355. The maximum absolute atomic E-state index is 12.9. The lowest BCUT2D eigenvalue weighted by atomic mass is 9.97. The summed E-state index contributed by atoms with van der Waals surface area (Å²) >= 11 is 0. The minimum atomic E-state index is -1.96. The average Bonchev–Trinajstić information content (AvgIpc) is 3.01. The van der Waals surface area contributed by atoms with Gasteiger partial charge in [0.1, 0.15) is 65.2 Å². The van der Waals surface area contributed by atoms with Crippen LogP contribution in [-0.2, 0) is 28.5 Å². The van der Waals surface area contributed by atoms with Gasteiger partial charge in [0.15, 0.2) is 35.4 Å². The molecular formula is C30H32O18. The number of aliphatic hydroxyl groups excluding tert-OH is 5. The van der Waals surface area contributed by atoms with Gasteiger partial charge in [-0.05, 0) is 25.1 Å². The standard InChI is InChI=1S/C30H32O18/c1-10-27(47-21(38)8-20(36)37)25(41)26(42)29(43-10)48-28-24(40)23(39)19(9-31)46-30(28)44-12-5-15(34)22-16(35)7-17(45-18(22)6-12)11-2-3-13(32)14(33)4-11/h2-7,10,19,23-34,39-42H,8-9H2,1H3,(H,36,37). The smallest absolute Gasteiger partial charge is 0.317 e. The normalized spacial score (nSPS) is 30.5. The van der Waals surface area contributed by atoms with E-state index < -0.39 is 109 Å². The molecule has 0 radical (unpaired) electrons. The van der Waals surface area contributed by atoms with Crippen molar-refractivity contribution in [2.24, 2.45) is 0 Å². The van der Waals surface area contributed by atoms with Crippen molar-refractivity contribution in [1.82, 2.24) is 0 Å². The number of fused-ring (bicyclic) bond motifs is 1. The molecule has 5 rings (SSSR count). The molecule has 10 unspecified atom stereocenters. The highest BCUT2D eigenvalue weighted by atomic mass is 16.8.